The monoisotopic (exact) mass is 296 g/mol. The number of carbonyl (C=O) groups excluding carboxylic acids is 1. The standard InChI is InChI=1S/C13H16N2O6/c1-3-19-13(16)8(2)14-9-6-11-12(21-5-4-20-11)7-10(9)15(17)18/h6-8,14H,3-5H2,1-2H3. The molecule has 0 fully saturated rings. The Hall–Kier alpha value is -2.51. The number of carbonyl (C=O) groups is 1. The Bertz CT molecular complexity index is 560. The van der Waals surface area contributed by atoms with Crippen molar-refractivity contribution in [3.05, 3.63) is 22.2 Å². The Kier molecular flexibility index (Phi) is 4.46. The van der Waals surface area contributed by atoms with Crippen molar-refractivity contribution in [2.75, 3.05) is 25.1 Å². The fraction of sp³-hybridized carbons (Fsp3) is 0.462. The van der Waals surface area contributed by atoms with Gasteiger partial charge in [-0.2, -0.15) is 0 Å². The predicted octanol–water partition coefficient (Wildman–Crippen LogP) is 1.73. The summed E-state index contributed by atoms with van der Waals surface area (Å²) >= 11 is 0. The molecule has 1 aromatic carbocycles. The maximum Gasteiger partial charge on any atom is 0.328 e. The number of benzene rings is 1. The van der Waals surface area contributed by atoms with E-state index in [1.54, 1.807) is 13.8 Å². The third-order valence-corrected chi connectivity index (χ3v) is 2.87. The summed E-state index contributed by atoms with van der Waals surface area (Å²) < 4.78 is 15.6. The molecule has 1 aliphatic rings. The van der Waals surface area contributed by atoms with Crippen molar-refractivity contribution in [2.45, 2.75) is 19.9 Å². The summed E-state index contributed by atoms with van der Waals surface area (Å²) in [4.78, 5) is 22.2. The molecular weight excluding hydrogens is 280 g/mol. The van der Waals surface area contributed by atoms with Crippen molar-refractivity contribution >= 4 is 17.3 Å². The number of hydrogen-bond acceptors (Lipinski definition) is 7. The number of ether oxygens (including phenoxy) is 3. The van der Waals surface area contributed by atoms with Gasteiger partial charge in [-0.1, -0.05) is 0 Å². The van der Waals surface area contributed by atoms with Crippen LogP contribution in [0.4, 0.5) is 11.4 Å². The van der Waals surface area contributed by atoms with Gasteiger partial charge in [-0.15, -0.1) is 0 Å². The van der Waals surface area contributed by atoms with E-state index in [0.29, 0.717) is 24.7 Å². The molecule has 114 valence electrons. The van der Waals surface area contributed by atoms with Crippen molar-refractivity contribution in [3.8, 4) is 11.5 Å². The first kappa shape index (κ1) is 14.9. The minimum atomic E-state index is -0.716. The maximum atomic E-state index is 11.6. The molecule has 0 aromatic heterocycles. The van der Waals surface area contributed by atoms with Gasteiger partial charge in [0.15, 0.2) is 11.5 Å². The normalized spacial score (nSPS) is 14.2. The third-order valence-electron chi connectivity index (χ3n) is 2.87. The van der Waals surface area contributed by atoms with Crippen LogP contribution in [0.1, 0.15) is 13.8 Å². The zero-order valence-electron chi connectivity index (χ0n) is 11.8. The largest absolute Gasteiger partial charge is 0.486 e. The average Bonchev–Trinajstić information content (AvgIpc) is 2.46. The minimum absolute atomic E-state index is 0.185. The van der Waals surface area contributed by atoms with Gasteiger partial charge in [-0.3, -0.25) is 10.1 Å². The number of hydrogen-bond donors (Lipinski definition) is 1. The Morgan fingerprint density at radius 3 is 2.62 bits per heavy atom. The summed E-state index contributed by atoms with van der Waals surface area (Å²) in [5.41, 5.74) is 0.000187. The molecule has 0 amide bonds. The summed E-state index contributed by atoms with van der Waals surface area (Å²) in [5, 5.41) is 13.9. The van der Waals surface area contributed by atoms with Gasteiger partial charge in [0.2, 0.25) is 0 Å². The maximum absolute atomic E-state index is 11.6. The SMILES string of the molecule is CCOC(=O)C(C)Nc1cc2c(cc1[N+](=O)[O-])OCCO2. The van der Waals surface area contributed by atoms with Crippen LogP contribution >= 0.6 is 0 Å². The summed E-state index contributed by atoms with van der Waals surface area (Å²) in [6.45, 7) is 4.22. The van der Waals surface area contributed by atoms with E-state index < -0.39 is 16.9 Å². The van der Waals surface area contributed by atoms with Crippen LogP contribution in [0.25, 0.3) is 0 Å². The van der Waals surface area contributed by atoms with Gasteiger partial charge in [-0.25, -0.2) is 4.79 Å². The van der Waals surface area contributed by atoms with Crippen LogP contribution in [0.3, 0.4) is 0 Å². The van der Waals surface area contributed by atoms with Gasteiger partial charge in [0.25, 0.3) is 5.69 Å². The van der Waals surface area contributed by atoms with Crippen molar-refractivity contribution in [1.29, 1.82) is 0 Å². The molecule has 1 aliphatic heterocycles. The van der Waals surface area contributed by atoms with Gasteiger partial charge in [-0.05, 0) is 13.8 Å². The lowest BCUT2D eigenvalue weighted by Gasteiger charge is -2.20. The fourth-order valence-electron chi connectivity index (χ4n) is 1.90. The summed E-state index contributed by atoms with van der Waals surface area (Å²) in [5.74, 6) is 0.245. The molecule has 1 heterocycles. The Balaban J connectivity index is 2.28. The molecule has 0 aliphatic carbocycles. The molecule has 8 nitrogen and oxygen atoms in total. The minimum Gasteiger partial charge on any atom is -0.486 e. The topological polar surface area (TPSA) is 99.9 Å². The van der Waals surface area contributed by atoms with Crippen LogP contribution in [0, 0.1) is 10.1 Å². The molecule has 0 saturated carbocycles. The highest BCUT2D eigenvalue weighted by Gasteiger charge is 2.25. The number of rotatable bonds is 5. The van der Waals surface area contributed by atoms with Gasteiger partial charge >= 0.3 is 5.97 Å². The fourth-order valence-corrected chi connectivity index (χ4v) is 1.90. The zero-order valence-corrected chi connectivity index (χ0v) is 11.8. The smallest absolute Gasteiger partial charge is 0.328 e. The highest BCUT2D eigenvalue weighted by molar-refractivity contribution is 5.81. The first-order valence-electron chi connectivity index (χ1n) is 6.54. The van der Waals surface area contributed by atoms with Crippen LogP contribution in [-0.4, -0.2) is 36.8 Å². The number of nitrogens with one attached hydrogen (secondary N) is 1. The summed E-state index contributed by atoms with van der Waals surface area (Å²) in [7, 11) is 0. The zero-order chi connectivity index (χ0) is 15.4. The lowest BCUT2D eigenvalue weighted by atomic mass is 10.2. The van der Waals surface area contributed by atoms with Gasteiger partial charge < -0.3 is 19.5 Å². The van der Waals surface area contributed by atoms with Crippen LogP contribution in [0.2, 0.25) is 0 Å². The quantitative estimate of drug-likeness (QED) is 0.501. The predicted molar refractivity (Wildman–Crippen MR) is 73.8 cm³/mol. The van der Waals surface area contributed by atoms with E-state index in [0.717, 1.165) is 0 Å². The number of anilines is 1. The number of nitro groups is 1. The molecule has 1 N–H and O–H groups in total. The molecule has 1 unspecified atom stereocenters. The highest BCUT2D eigenvalue weighted by Crippen LogP contribution is 2.39. The molecule has 8 heteroatoms. The molecule has 1 atom stereocenters. The lowest BCUT2D eigenvalue weighted by molar-refractivity contribution is -0.384. The van der Waals surface area contributed by atoms with Gasteiger partial charge in [0, 0.05) is 6.07 Å². The second kappa shape index (κ2) is 6.29. The van der Waals surface area contributed by atoms with Gasteiger partial charge in [0.05, 0.1) is 17.6 Å². The van der Waals surface area contributed by atoms with E-state index in [9.17, 15) is 14.9 Å². The van der Waals surface area contributed by atoms with E-state index in [-0.39, 0.29) is 18.0 Å². The van der Waals surface area contributed by atoms with E-state index in [1.165, 1.54) is 12.1 Å². The second-order valence-electron chi connectivity index (χ2n) is 4.39. The van der Waals surface area contributed by atoms with E-state index in [4.69, 9.17) is 14.2 Å². The average molecular weight is 296 g/mol. The molecule has 2 rings (SSSR count). The number of nitro benzene ring substituents is 1. The molecule has 0 radical (unpaired) electrons. The van der Waals surface area contributed by atoms with E-state index >= 15 is 0 Å². The van der Waals surface area contributed by atoms with Crippen molar-refractivity contribution < 1.29 is 23.9 Å². The Labute approximate surface area is 121 Å². The van der Waals surface area contributed by atoms with Crippen LogP contribution in [-0.2, 0) is 9.53 Å². The number of esters is 1. The Morgan fingerprint density at radius 2 is 2.05 bits per heavy atom. The van der Waals surface area contributed by atoms with Crippen LogP contribution in [0.5, 0.6) is 11.5 Å². The van der Waals surface area contributed by atoms with Crippen LogP contribution in [0.15, 0.2) is 12.1 Å². The third kappa shape index (κ3) is 3.33. The Morgan fingerprint density at radius 1 is 1.43 bits per heavy atom. The lowest BCUT2D eigenvalue weighted by Crippen LogP contribution is -2.28. The second-order valence-corrected chi connectivity index (χ2v) is 4.39. The molecule has 0 spiro atoms. The van der Waals surface area contributed by atoms with E-state index in [2.05, 4.69) is 5.32 Å². The van der Waals surface area contributed by atoms with Gasteiger partial charge in [0.1, 0.15) is 24.9 Å². The first-order chi connectivity index (χ1) is 10.0. The summed E-state index contributed by atoms with van der Waals surface area (Å²) in [6, 6.07) is 2.03. The van der Waals surface area contributed by atoms with Crippen molar-refractivity contribution in [2.24, 2.45) is 0 Å². The van der Waals surface area contributed by atoms with Crippen LogP contribution < -0.4 is 14.8 Å². The molecule has 0 bridgehead atoms. The molecule has 0 saturated heterocycles. The first-order valence-corrected chi connectivity index (χ1v) is 6.54. The van der Waals surface area contributed by atoms with Crippen molar-refractivity contribution in [3.63, 3.8) is 0 Å². The highest BCUT2D eigenvalue weighted by atomic mass is 16.6. The number of nitrogens with zero attached hydrogens (tertiary/aromatic N) is 1. The number of fused-ring (bicyclic) bond motifs is 1. The molecular formula is C13H16N2O6. The van der Waals surface area contributed by atoms with E-state index in [1.807, 2.05) is 0 Å². The summed E-state index contributed by atoms with van der Waals surface area (Å²) in [6.07, 6.45) is 0. The molecule has 21 heavy (non-hydrogen) atoms. The van der Waals surface area contributed by atoms with Crippen molar-refractivity contribution in [1.82, 2.24) is 0 Å². The molecule has 1 aromatic rings.